The van der Waals surface area contributed by atoms with Crippen molar-refractivity contribution in [3.8, 4) is 11.4 Å². The molecule has 0 saturated carbocycles. The van der Waals surface area contributed by atoms with Gasteiger partial charge in [0.15, 0.2) is 5.82 Å². The molecule has 0 atom stereocenters. The Bertz CT molecular complexity index is 511. The minimum atomic E-state index is 0.0173. The number of hydrogen-bond donors (Lipinski definition) is 1. The van der Waals surface area contributed by atoms with E-state index >= 15 is 0 Å². The Kier molecular flexibility index (Phi) is 3.15. The maximum Gasteiger partial charge on any atom is 0.203 e. The molecule has 1 aromatic heterocycles. The number of hydrogen-bond acceptors (Lipinski definition) is 4. The Balaban J connectivity index is 2.24. The molecule has 3 nitrogen and oxygen atoms in total. The summed E-state index contributed by atoms with van der Waals surface area (Å²) in [7, 11) is 0. The van der Waals surface area contributed by atoms with Crippen molar-refractivity contribution in [2.24, 2.45) is 0 Å². The predicted molar refractivity (Wildman–Crippen MR) is 73.5 cm³/mol. The van der Waals surface area contributed by atoms with Gasteiger partial charge < -0.3 is 5.32 Å². The van der Waals surface area contributed by atoms with Crippen molar-refractivity contribution in [2.75, 3.05) is 5.32 Å². The van der Waals surface area contributed by atoms with Gasteiger partial charge in [0, 0.05) is 22.6 Å². The molecule has 1 aromatic carbocycles. The monoisotopic (exact) mass is 247 g/mol. The Morgan fingerprint density at radius 3 is 2.65 bits per heavy atom. The van der Waals surface area contributed by atoms with E-state index in [2.05, 4.69) is 54.5 Å². The van der Waals surface area contributed by atoms with Gasteiger partial charge in [-0.25, -0.2) is 0 Å². The van der Waals surface area contributed by atoms with Gasteiger partial charge >= 0.3 is 0 Å². The molecule has 0 amide bonds. The molecule has 0 aliphatic rings. The van der Waals surface area contributed by atoms with E-state index in [0.717, 1.165) is 16.5 Å². The predicted octanol–water partition coefficient (Wildman–Crippen LogP) is 3.72. The van der Waals surface area contributed by atoms with E-state index in [1.807, 2.05) is 12.1 Å². The summed E-state index contributed by atoms with van der Waals surface area (Å²) in [6.45, 7) is 8.41. The molecule has 0 radical (unpaired) electrons. The lowest BCUT2D eigenvalue weighted by Gasteiger charge is -2.18. The summed E-state index contributed by atoms with van der Waals surface area (Å²) in [6, 6.07) is 8.24. The molecule has 0 unspecified atom stereocenters. The van der Waals surface area contributed by atoms with Gasteiger partial charge in [0.1, 0.15) is 0 Å². The lowest BCUT2D eigenvalue weighted by molar-refractivity contribution is 0.633. The highest BCUT2D eigenvalue weighted by molar-refractivity contribution is 7.09. The molecule has 0 fully saturated rings. The molecule has 2 rings (SSSR count). The zero-order valence-electron chi connectivity index (χ0n) is 10.6. The standard InChI is InChI=1S/C13H17N3S/c1-9-6-5-7-10(8-9)11-14-12(17-16-11)15-13(2,3)4/h5-8H,1-4H3,(H,14,15,16). The SMILES string of the molecule is Cc1cccc(-c2nsc(NC(C)(C)C)n2)c1. The fourth-order valence-corrected chi connectivity index (χ4v) is 2.29. The van der Waals surface area contributed by atoms with Gasteiger partial charge in [0.05, 0.1) is 0 Å². The first-order chi connectivity index (χ1) is 7.94. The van der Waals surface area contributed by atoms with Crippen LogP contribution in [0.25, 0.3) is 11.4 Å². The second-order valence-electron chi connectivity index (χ2n) is 5.17. The van der Waals surface area contributed by atoms with Crippen molar-refractivity contribution in [2.45, 2.75) is 33.2 Å². The second-order valence-corrected chi connectivity index (χ2v) is 5.92. The summed E-state index contributed by atoms with van der Waals surface area (Å²) in [6.07, 6.45) is 0. The Hall–Kier alpha value is -1.42. The van der Waals surface area contributed by atoms with Gasteiger partial charge in [0.2, 0.25) is 5.13 Å². The average molecular weight is 247 g/mol. The molecular formula is C13H17N3S. The zero-order valence-corrected chi connectivity index (χ0v) is 11.4. The van der Waals surface area contributed by atoms with E-state index in [0.29, 0.717) is 0 Å². The highest BCUT2D eigenvalue weighted by atomic mass is 32.1. The van der Waals surface area contributed by atoms with E-state index in [-0.39, 0.29) is 5.54 Å². The molecule has 17 heavy (non-hydrogen) atoms. The van der Waals surface area contributed by atoms with Crippen LogP contribution in [0, 0.1) is 6.92 Å². The van der Waals surface area contributed by atoms with Crippen molar-refractivity contribution in [3.05, 3.63) is 29.8 Å². The number of nitrogens with one attached hydrogen (secondary N) is 1. The topological polar surface area (TPSA) is 37.8 Å². The van der Waals surface area contributed by atoms with Gasteiger partial charge in [-0.05, 0) is 33.8 Å². The van der Waals surface area contributed by atoms with E-state index < -0.39 is 0 Å². The van der Waals surface area contributed by atoms with Crippen molar-refractivity contribution < 1.29 is 0 Å². The quantitative estimate of drug-likeness (QED) is 0.878. The summed E-state index contributed by atoms with van der Waals surface area (Å²) >= 11 is 1.40. The molecule has 0 aliphatic heterocycles. The van der Waals surface area contributed by atoms with Gasteiger partial charge in [-0.1, -0.05) is 23.8 Å². The minimum absolute atomic E-state index is 0.0173. The summed E-state index contributed by atoms with van der Waals surface area (Å²) < 4.78 is 4.38. The van der Waals surface area contributed by atoms with E-state index in [9.17, 15) is 0 Å². The van der Waals surface area contributed by atoms with Crippen molar-refractivity contribution >= 4 is 16.7 Å². The van der Waals surface area contributed by atoms with Crippen LogP contribution in [0.2, 0.25) is 0 Å². The molecule has 0 spiro atoms. The molecule has 90 valence electrons. The van der Waals surface area contributed by atoms with Crippen LogP contribution in [0.5, 0.6) is 0 Å². The number of nitrogens with zero attached hydrogens (tertiary/aromatic N) is 2. The highest BCUT2D eigenvalue weighted by Crippen LogP contribution is 2.23. The normalized spacial score (nSPS) is 11.5. The minimum Gasteiger partial charge on any atom is -0.356 e. The maximum absolute atomic E-state index is 4.50. The van der Waals surface area contributed by atoms with E-state index in [1.165, 1.54) is 17.1 Å². The van der Waals surface area contributed by atoms with Crippen molar-refractivity contribution in [3.63, 3.8) is 0 Å². The smallest absolute Gasteiger partial charge is 0.203 e. The molecule has 1 heterocycles. The molecule has 0 saturated heterocycles. The van der Waals surface area contributed by atoms with Gasteiger partial charge in [-0.2, -0.15) is 9.36 Å². The summed E-state index contributed by atoms with van der Waals surface area (Å²) in [4.78, 5) is 4.50. The first-order valence-electron chi connectivity index (χ1n) is 5.63. The molecule has 2 aromatic rings. The van der Waals surface area contributed by atoms with Gasteiger partial charge in [0.25, 0.3) is 0 Å². The largest absolute Gasteiger partial charge is 0.356 e. The number of aryl methyl sites for hydroxylation is 1. The van der Waals surface area contributed by atoms with Crippen LogP contribution in [0.15, 0.2) is 24.3 Å². The third-order valence-corrected chi connectivity index (χ3v) is 2.81. The maximum atomic E-state index is 4.50. The fourth-order valence-electron chi connectivity index (χ4n) is 1.50. The van der Waals surface area contributed by atoms with Crippen molar-refractivity contribution in [1.29, 1.82) is 0 Å². The second kappa shape index (κ2) is 4.45. The Labute approximate surface area is 106 Å². The number of anilines is 1. The summed E-state index contributed by atoms with van der Waals surface area (Å²) in [5.41, 5.74) is 2.31. The number of aromatic nitrogens is 2. The third kappa shape index (κ3) is 3.27. The van der Waals surface area contributed by atoms with Crippen LogP contribution in [0.1, 0.15) is 26.3 Å². The lowest BCUT2D eigenvalue weighted by Crippen LogP contribution is -2.25. The molecule has 0 aliphatic carbocycles. The number of rotatable bonds is 2. The molecule has 1 N–H and O–H groups in total. The fraction of sp³-hybridized carbons (Fsp3) is 0.385. The first kappa shape index (κ1) is 12.0. The van der Waals surface area contributed by atoms with Crippen LogP contribution in [-0.4, -0.2) is 14.9 Å². The Morgan fingerprint density at radius 1 is 1.24 bits per heavy atom. The van der Waals surface area contributed by atoms with Crippen LogP contribution < -0.4 is 5.32 Å². The van der Waals surface area contributed by atoms with Crippen molar-refractivity contribution in [1.82, 2.24) is 9.36 Å². The lowest BCUT2D eigenvalue weighted by atomic mass is 10.1. The van der Waals surface area contributed by atoms with Crippen LogP contribution >= 0.6 is 11.5 Å². The summed E-state index contributed by atoms with van der Waals surface area (Å²) in [5, 5.41) is 4.20. The first-order valence-corrected chi connectivity index (χ1v) is 6.40. The average Bonchev–Trinajstić information content (AvgIpc) is 2.63. The van der Waals surface area contributed by atoms with Crippen LogP contribution in [0.3, 0.4) is 0 Å². The summed E-state index contributed by atoms with van der Waals surface area (Å²) in [5.74, 6) is 0.797. The molecular weight excluding hydrogens is 230 g/mol. The van der Waals surface area contributed by atoms with Crippen LogP contribution in [0.4, 0.5) is 5.13 Å². The van der Waals surface area contributed by atoms with Gasteiger partial charge in [-0.15, -0.1) is 0 Å². The van der Waals surface area contributed by atoms with Crippen LogP contribution in [-0.2, 0) is 0 Å². The Morgan fingerprint density at radius 2 is 2.00 bits per heavy atom. The van der Waals surface area contributed by atoms with Gasteiger partial charge in [-0.3, -0.25) is 0 Å². The third-order valence-electron chi connectivity index (χ3n) is 2.18. The molecule has 4 heteroatoms. The van der Waals surface area contributed by atoms with E-state index in [4.69, 9.17) is 0 Å². The zero-order chi connectivity index (χ0) is 12.5. The van der Waals surface area contributed by atoms with E-state index in [1.54, 1.807) is 0 Å². The molecule has 0 bridgehead atoms. The number of benzene rings is 1. The highest BCUT2D eigenvalue weighted by Gasteiger charge is 2.13.